The number of nitrogens with two attached hydrogens (primary N) is 1. The number of likely N-dealkylation sites (tertiary alicyclic amines) is 1. The average Bonchev–Trinajstić information content (AvgIpc) is 2.75. The van der Waals surface area contributed by atoms with Crippen LogP contribution in [0.1, 0.15) is 40.6 Å². The van der Waals surface area contributed by atoms with Crippen LogP contribution in [0.3, 0.4) is 0 Å². The van der Waals surface area contributed by atoms with Crippen LogP contribution < -0.4 is 5.73 Å². The van der Waals surface area contributed by atoms with E-state index in [1.165, 1.54) is 0 Å². The lowest BCUT2D eigenvalue weighted by molar-refractivity contribution is 0.0699. The molecule has 0 spiro atoms. The molecule has 142 valence electrons. The molecule has 1 aliphatic heterocycles. The molecule has 1 unspecified atom stereocenters. The van der Waals surface area contributed by atoms with Crippen molar-refractivity contribution in [2.45, 2.75) is 25.7 Å². The van der Waals surface area contributed by atoms with E-state index >= 15 is 0 Å². The van der Waals surface area contributed by atoms with Crippen LogP contribution in [-0.2, 0) is 0 Å². The molecule has 2 N–H and O–H groups in total. The Balaban J connectivity index is 1.47. The SMILES string of the molecule is Cc1cnc(C(=O)N2CCCC(c3ccc(-c4ccc(N)nc4)cn3)C2)cn1. The number of aromatic nitrogens is 4. The highest BCUT2D eigenvalue weighted by Crippen LogP contribution is 2.28. The zero-order valence-corrected chi connectivity index (χ0v) is 15.7. The normalized spacial score (nSPS) is 16.8. The third-order valence-corrected chi connectivity index (χ3v) is 5.03. The van der Waals surface area contributed by atoms with Gasteiger partial charge in [0.15, 0.2) is 0 Å². The minimum atomic E-state index is -0.0678. The number of rotatable bonds is 3. The lowest BCUT2D eigenvalue weighted by Crippen LogP contribution is -2.39. The summed E-state index contributed by atoms with van der Waals surface area (Å²) in [7, 11) is 0. The van der Waals surface area contributed by atoms with Crippen LogP contribution in [-0.4, -0.2) is 43.8 Å². The Morgan fingerprint density at radius 2 is 1.79 bits per heavy atom. The molecular weight excluding hydrogens is 352 g/mol. The number of hydrogen-bond acceptors (Lipinski definition) is 6. The van der Waals surface area contributed by atoms with Crippen molar-refractivity contribution < 1.29 is 4.79 Å². The number of anilines is 1. The van der Waals surface area contributed by atoms with E-state index < -0.39 is 0 Å². The first-order valence-electron chi connectivity index (χ1n) is 9.36. The van der Waals surface area contributed by atoms with Crippen molar-refractivity contribution >= 4 is 11.7 Å². The summed E-state index contributed by atoms with van der Waals surface area (Å²) in [4.78, 5) is 31.8. The summed E-state index contributed by atoms with van der Waals surface area (Å²) in [6.07, 6.45) is 8.74. The molecule has 28 heavy (non-hydrogen) atoms. The van der Waals surface area contributed by atoms with E-state index in [1.807, 2.05) is 36.2 Å². The highest BCUT2D eigenvalue weighted by Gasteiger charge is 2.27. The molecule has 7 heteroatoms. The van der Waals surface area contributed by atoms with Gasteiger partial charge in [-0.2, -0.15) is 0 Å². The maximum atomic E-state index is 12.7. The second-order valence-electron chi connectivity index (χ2n) is 7.08. The van der Waals surface area contributed by atoms with E-state index in [0.717, 1.165) is 41.9 Å². The van der Waals surface area contributed by atoms with Gasteiger partial charge in [-0.1, -0.05) is 6.07 Å². The molecule has 4 rings (SSSR count). The van der Waals surface area contributed by atoms with E-state index in [1.54, 1.807) is 24.7 Å². The highest BCUT2D eigenvalue weighted by atomic mass is 16.2. The van der Waals surface area contributed by atoms with Gasteiger partial charge in [0.25, 0.3) is 5.91 Å². The minimum absolute atomic E-state index is 0.0678. The first-order chi connectivity index (χ1) is 13.6. The van der Waals surface area contributed by atoms with E-state index in [0.29, 0.717) is 18.1 Å². The number of carbonyl (C=O) groups is 1. The fourth-order valence-electron chi connectivity index (χ4n) is 3.46. The summed E-state index contributed by atoms with van der Waals surface area (Å²) in [5, 5.41) is 0. The largest absolute Gasteiger partial charge is 0.384 e. The Hall–Kier alpha value is -3.35. The van der Waals surface area contributed by atoms with Crippen molar-refractivity contribution in [2.24, 2.45) is 0 Å². The zero-order chi connectivity index (χ0) is 19.5. The Bertz CT molecular complexity index is 954. The van der Waals surface area contributed by atoms with Crippen molar-refractivity contribution in [3.8, 4) is 11.1 Å². The Kier molecular flexibility index (Phi) is 4.97. The highest BCUT2D eigenvalue weighted by molar-refractivity contribution is 5.92. The number of piperidine rings is 1. The predicted molar refractivity (Wildman–Crippen MR) is 107 cm³/mol. The van der Waals surface area contributed by atoms with Gasteiger partial charge in [-0.3, -0.25) is 14.8 Å². The first-order valence-corrected chi connectivity index (χ1v) is 9.36. The molecule has 4 heterocycles. The summed E-state index contributed by atoms with van der Waals surface area (Å²) < 4.78 is 0. The molecule has 0 saturated carbocycles. The van der Waals surface area contributed by atoms with Crippen LogP contribution in [0, 0.1) is 6.92 Å². The molecule has 1 aliphatic rings. The smallest absolute Gasteiger partial charge is 0.274 e. The van der Waals surface area contributed by atoms with Crippen LogP contribution in [0.2, 0.25) is 0 Å². The Morgan fingerprint density at radius 3 is 2.43 bits per heavy atom. The van der Waals surface area contributed by atoms with Crippen LogP contribution in [0.4, 0.5) is 5.82 Å². The van der Waals surface area contributed by atoms with Crippen molar-refractivity contribution in [1.29, 1.82) is 0 Å². The molecule has 1 saturated heterocycles. The van der Waals surface area contributed by atoms with Gasteiger partial charge in [0.2, 0.25) is 0 Å². The maximum absolute atomic E-state index is 12.7. The lowest BCUT2D eigenvalue weighted by atomic mass is 9.93. The van der Waals surface area contributed by atoms with Gasteiger partial charge in [-0.05, 0) is 38.0 Å². The number of carbonyl (C=O) groups excluding carboxylic acids is 1. The molecule has 0 aromatic carbocycles. The maximum Gasteiger partial charge on any atom is 0.274 e. The summed E-state index contributed by atoms with van der Waals surface area (Å²) >= 11 is 0. The van der Waals surface area contributed by atoms with Gasteiger partial charge in [0, 0.05) is 54.4 Å². The van der Waals surface area contributed by atoms with Gasteiger partial charge >= 0.3 is 0 Å². The van der Waals surface area contributed by atoms with Gasteiger partial charge in [0.05, 0.1) is 11.9 Å². The molecule has 3 aromatic rings. The number of aryl methyl sites for hydroxylation is 1. The Labute approximate surface area is 163 Å². The topological polar surface area (TPSA) is 97.9 Å². The van der Waals surface area contributed by atoms with E-state index in [-0.39, 0.29) is 11.8 Å². The van der Waals surface area contributed by atoms with E-state index in [2.05, 4.69) is 19.9 Å². The molecule has 3 aromatic heterocycles. The summed E-state index contributed by atoms with van der Waals surface area (Å²) in [5.74, 6) is 0.648. The third kappa shape index (κ3) is 3.83. The van der Waals surface area contributed by atoms with E-state index in [4.69, 9.17) is 5.73 Å². The lowest BCUT2D eigenvalue weighted by Gasteiger charge is -2.32. The molecule has 7 nitrogen and oxygen atoms in total. The molecule has 0 bridgehead atoms. The van der Waals surface area contributed by atoms with Crippen molar-refractivity contribution in [1.82, 2.24) is 24.8 Å². The number of nitrogens with zero attached hydrogens (tertiary/aromatic N) is 5. The second kappa shape index (κ2) is 7.72. The van der Waals surface area contributed by atoms with Gasteiger partial charge in [-0.15, -0.1) is 0 Å². The minimum Gasteiger partial charge on any atom is -0.384 e. The summed E-state index contributed by atoms with van der Waals surface area (Å²) in [5.41, 5.74) is 9.81. The molecule has 1 atom stereocenters. The van der Waals surface area contributed by atoms with Crippen LogP contribution in [0.5, 0.6) is 0 Å². The first kappa shape index (κ1) is 18.0. The fraction of sp³-hybridized carbons (Fsp3) is 0.286. The van der Waals surface area contributed by atoms with Crippen molar-refractivity contribution in [3.05, 3.63) is 66.1 Å². The summed E-state index contributed by atoms with van der Waals surface area (Å²) in [6.45, 7) is 3.23. The molecule has 0 radical (unpaired) electrons. The quantitative estimate of drug-likeness (QED) is 0.757. The average molecular weight is 374 g/mol. The second-order valence-corrected chi connectivity index (χ2v) is 7.08. The van der Waals surface area contributed by atoms with Crippen molar-refractivity contribution in [3.63, 3.8) is 0 Å². The number of hydrogen-bond donors (Lipinski definition) is 1. The van der Waals surface area contributed by atoms with Gasteiger partial charge < -0.3 is 10.6 Å². The standard InChI is InChI=1S/C21H22N6O/c1-14-9-24-19(12-23-14)21(28)27-8-2-3-17(13-27)18-6-4-15(10-25-18)16-5-7-20(22)26-11-16/h4-7,9-12,17H,2-3,8,13H2,1H3,(H2,22,26). The van der Waals surface area contributed by atoms with Crippen LogP contribution in [0.15, 0.2) is 49.1 Å². The third-order valence-electron chi connectivity index (χ3n) is 5.03. The molecular formula is C21H22N6O. The van der Waals surface area contributed by atoms with Crippen molar-refractivity contribution in [2.75, 3.05) is 18.8 Å². The molecule has 1 amide bonds. The van der Waals surface area contributed by atoms with Crippen LogP contribution >= 0.6 is 0 Å². The Morgan fingerprint density at radius 1 is 1.00 bits per heavy atom. The fourth-order valence-corrected chi connectivity index (χ4v) is 3.46. The molecule has 1 fully saturated rings. The zero-order valence-electron chi connectivity index (χ0n) is 15.7. The van der Waals surface area contributed by atoms with Gasteiger partial charge in [-0.25, -0.2) is 9.97 Å². The van der Waals surface area contributed by atoms with Gasteiger partial charge in [0.1, 0.15) is 11.5 Å². The predicted octanol–water partition coefficient (Wildman–Crippen LogP) is 2.84. The van der Waals surface area contributed by atoms with Crippen LogP contribution in [0.25, 0.3) is 11.1 Å². The monoisotopic (exact) mass is 374 g/mol. The number of nitrogen functional groups attached to an aromatic ring is 1. The number of amides is 1. The summed E-state index contributed by atoms with van der Waals surface area (Å²) in [6, 6.07) is 7.79. The molecule has 0 aliphatic carbocycles. The van der Waals surface area contributed by atoms with E-state index in [9.17, 15) is 4.79 Å². The number of pyridine rings is 2.